The van der Waals surface area contributed by atoms with E-state index in [1.165, 1.54) is 27.8 Å². The summed E-state index contributed by atoms with van der Waals surface area (Å²) in [6, 6.07) is 21.4. The monoisotopic (exact) mass is 485 g/mol. The Morgan fingerprint density at radius 3 is 2.50 bits per heavy atom. The van der Waals surface area contributed by atoms with Crippen molar-refractivity contribution in [2.75, 3.05) is 4.90 Å². The van der Waals surface area contributed by atoms with E-state index in [0.29, 0.717) is 22.3 Å². The molecule has 1 saturated carbocycles. The lowest BCUT2D eigenvalue weighted by Crippen LogP contribution is -2.48. The van der Waals surface area contributed by atoms with Gasteiger partial charge in [0.15, 0.2) is 0 Å². The zero-order valence-electron chi connectivity index (χ0n) is 19.9. The van der Waals surface area contributed by atoms with Crippen LogP contribution in [0, 0.1) is 5.82 Å². The molecule has 1 unspecified atom stereocenters. The van der Waals surface area contributed by atoms with Crippen molar-refractivity contribution in [3.63, 3.8) is 0 Å². The van der Waals surface area contributed by atoms with Crippen molar-refractivity contribution < 1.29 is 14.0 Å². The van der Waals surface area contributed by atoms with E-state index < -0.39 is 17.8 Å². The van der Waals surface area contributed by atoms with Crippen molar-refractivity contribution in [3.8, 4) is 0 Å². The first-order valence-corrected chi connectivity index (χ1v) is 12.3. The highest BCUT2D eigenvalue weighted by Gasteiger charge is 2.34. The zero-order chi connectivity index (χ0) is 24.9. The number of benzene rings is 3. The Hall–Kier alpha value is -4.07. The van der Waals surface area contributed by atoms with Gasteiger partial charge < -0.3 is 5.32 Å². The molecule has 4 aromatic rings. The van der Waals surface area contributed by atoms with Crippen LogP contribution < -0.4 is 10.2 Å². The first-order valence-electron chi connectivity index (χ1n) is 12.3. The van der Waals surface area contributed by atoms with Gasteiger partial charge in [-0.15, -0.1) is 5.10 Å². The van der Waals surface area contributed by atoms with E-state index in [9.17, 15) is 14.0 Å². The molecular formula is C28H28FN5O2. The number of nitrogens with one attached hydrogen (secondary N) is 1. The lowest BCUT2D eigenvalue weighted by atomic mass is 9.94. The molecule has 7 nitrogen and oxygen atoms in total. The lowest BCUT2D eigenvalue weighted by Gasteiger charge is -2.33. The smallest absolute Gasteiger partial charge is 0.249 e. The summed E-state index contributed by atoms with van der Waals surface area (Å²) in [4.78, 5) is 29.1. The molecule has 1 fully saturated rings. The van der Waals surface area contributed by atoms with E-state index in [4.69, 9.17) is 0 Å². The minimum absolute atomic E-state index is 0.0567. The van der Waals surface area contributed by atoms with Gasteiger partial charge in [0, 0.05) is 11.7 Å². The van der Waals surface area contributed by atoms with Crippen LogP contribution in [0.2, 0.25) is 0 Å². The molecule has 2 amide bonds. The van der Waals surface area contributed by atoms with Gasteiger partial charge in [0.1, 0.15) is 23.9 Å². The maximum atomic E-state index is 14.4. The van der Waals surface area contributed by atoms with Gasteiger partial charge in [-0.1, -0.05) is 73.0 Å². The Kier molecular flexibility index (Phi) is 7.02. The maximum absolute atomic E-state index is 14.4. The molecular weight excluding hydrogens is 457 g/mol. The Morgan fingerprint density at radius 2 is 1.72 bits per heavy atom. The van der Waals surface area contributed by atoms with Gasteiger partial charge in [-0.2, -0.15) is 0 Å². The number of halogens is 1. The second-order valence-electron chi connectivity index (χ2n) is 9.14. The van der Waals surface area contributed by atoms with Gasteiger partial charge in [-0.25, -0.2) is 9.07 Å². The third kappa shape index (κ3) is 5.12. The van der Waals surface area contributed by atoms with Gasteiger partial charge >= 0.3 is 0 Å². The summed E-state index contributed by atoms with van der Waals surface area (Å²) in [5.41, 5.74) is 2.31. The molecule has 0 saturated heterocycles. The average molecular weight is 486 g/mol. The highest BCUT2D eigenvalue weighted by molar-refractivity contribution is 6.01. The fourth-order valence-electron chi connectivity index (χ4n) is 4.88. The number of rotatable bonds is 7. The molecule has 3 aromatic carbocycles. The fourth-order valence-corrected chi connectivity index (χ4v) is 4.88. The Morgan fingerprint density at radius 1 is 0.972 bits per heavy atom. The van der Waals surface area contributed by atoms with Crippen LogP contribution in [0.15, 0.2) is 78.9 Å². The number of nitrogens with zero attached hydrogens (tertiary/aromatic N) is 4. The van der Waals surface area contributed by atoms with E-state index in [1.807, 2.05) is 54.6 Å². The van der Waals surface area contributed by atoms with Crippen LogP contribution in [-0.4, -0.2) is 32.9 Å². The largest absolute Gasteiger partial charge is 0.351 e. The quantitative estimate of drug-likeness (QED) is 0.408. The lowest BCUT2D eigenvalue weighted by molar-refractivity contribution is -0.127. The van der Waals surface area contributed by atoms with Crippen LogP contribution in [-0.2, 0) is 16.1 Å². The van der Waals surface area contributed by atoms with Crippen molar-refractivity contribution >= 4 is 28.5 Å². The summed E-state index contributed by atoms with van der Waals surface area (Å²) in [7, 11) is 0. The molecule has 5 rings (SSSR count). The summed E-state index contributed by atoms with van der Waals surface area (Å²) in [6.45, 7) is -0.156. The van der Waals surface area contributed by atoms with Gasteiger partial charge in [0.05, 0.1) is 5.52 Å². The Balaban J connectivity index is 1.54. The molecule has 0 radical (unpaired) electrons. The Bertz CT molecular complexity index is 1350. The van der Waals surface area contributed by atoms with Crippen LogP contribution >= 0.6 is 0 Å². The fraction of sp³-hybridized carbons (Fsp3) is 0.286. The standard InChI is InChI=1S/C28H28FN5O2/c29-21-12-9-15-23(18-21)34(26(35)19-33-25-17-8-7-16-24(25)31-32-33)27(20-10-3-1-4-11-20)28(36)30-22-13-5-2-6-14-22/h1,3-4,7-12,15-18,22,27H,2,5-6,13-14,19H2,(H,30,36). The topological polar surface area (TPSA) is 80.1 Å². The van der Waals surface area contributed by atoms with E-state index >= 15 is 0 Å². The average Bonchev–Trinajstić information content (AvgIpc) is 3.30. The minimum atomic E-state index is -0.975. The maximum Gasteiger partial charge on any atom is 0.249 e. The number of carbonyl (C=O) groups is 2. The third-order valence-electron chi connectivity index (χ3n) is 6.63. The van der Waals surface area contributed by atoms with Gasteiger partial charge in [0.25, 0.3) is 0 Å². The molecule has 36 heavy (non-hydrogen) atoms. The van der Waals surface area contributed by atoms with Crippen molar-refractivity contribution in [1.29, 1.82) is 0 Å². The molecule has 1 aliphatic carbocycles. The molecule has 1 N–H and O–H groups in total. The second-order valence-corrected chi connectivity index (χ2v) is 9.14. The number of anilines is 1. The molecule has 0 spiro atoms. The number of aromatic nitrogens is 3. The predicted octanol–water partition coefficient (Wildman–Crippen LogP) is 4.79. The normalized spacial score (nSPS) is 14.9. The first kappa shape index (κ1) is 23.7. The number of fused-ring (bicyclic) bond motifs is 1. The summed E-state index contributed by atoms with van der Waals surface area (Å²) in [5, 5.41) is 11.4. The highest BCUT2D eigenvalue weighted by Crippen LogP contribution is 2.30. The van der Waals surface area contributed by atoms with Gasteiger partial charge in [0.2, 0.25) is 11.8 Å². The zero-order valence-corrected chi connectivity index (χ0v) is 19.9. The van der Waals surface area contributed by atoms with Crippen LogP contribution in [0.1, 0.15) is 43.7 Å². The molecule has 1 aliphatic rings. The molecule has 0 aliphatic heterocycles. The predicted molar refractivity (Wildman–Crippen MR) is 136 cm³/mol. The minimum Gasteiger partial charge on any atom is -0.351 e. The Labute approximate surface area is 208 Å². The van der Waals surface area contributed by atoms with Crippen LogP contribution in [0.25, 0.3) is 11.0 Å². The molecule has 184 valence electrons. The molecule has 1 aromatic heterocycles. The number of hydrogen-bond acceptors (Lipinski definition) is 4. The first-order chi connectivity index (χ1) is 17.6. The highest BCUT2D eigenvalue weighted by atomic mass is 19.1. The number of para-hydroxylation sites is 1. The van der Waals surface area contributed by atoms with Crippen LogP contribution in [0.3, 0.4) is 0 Å². The van der Waals surface area contributed by atoms with Gasteiger partial charge in [-0.3, -0.25) is 14.5 Å². The van der Waals surface area contributed by atoms with E-state index in [2.05, 4.69) is 15.6 Å². The van der Waals surface area contributed by atoms with Crippen molar-refractivity contribution in [2.24, 2.45) is 0 Å². The van der Waals surface area contributed by atoms with E-state index in [-0.39, 0.29) is 18.5 Å². The molecule has 0 bridgehead atoms. The van der Waals surface area contributed by atoms with Crippen LogP contribution in [0.4, 0.5) is 10.1 Å². The van der Waals surface area contributed by atoms with Crippen molar-refractivity contribution in [2.45, 2.75) is 50.7 Å². The van der Waals surface area contributed by atoms with E-state index in [0.717, 1.165) is 32.1 Å². The van der Waals surface area contributed by atoms with Crippen molar-refractivity contribution in [3.05, 3.63) is 90.2 Å². The summed E-state index contributed by atoms with van der Waals surface area (Å²) in [5.74, 6) is -1.17. The second kappa shape index (κ2) is 10.7. The SMILES string of the molecule is O=C(NC1CCCCC1)C(c1ccccc1)N(C(=O)Cn1nnc2ccccc21)c1cccc(F)c1. The van der Waals surface area contributed by atoms with Crippen LogP contribution in [0.5, 0.6) is 0 Å². The summed E-state index contributed by atoms with van der Waals surface area (Å²) in [6.07, 6.45) is 5.10. The molecule has 1 atom stereocenters. The summed E-state index contributed by atoms with van der Waals surface area (Å²) >= 11 is 0. The molecule has 8 heteroatoms. The van der Waals surface area contributed by atoms with Crippen molar-refractivity contribution in [1.82, 2.24) is 20.3 Å². The number of amides is 2. The third-order valence-corrected chi connectivity index (χ3v) is 6.63. The van der Waals surface area contributed by atoms with Gasteiger partial charge in [-0.05, 0) is 48.7 Å². The summed E-state index contributed by atoms with van der Waals surface area (Å²) < 4.78 is 15.9. The molecule has 1 heterocycles. The number of hydrogen-bond donors (Lipinski definition) is 1. The number of carbonyl (C=O) groups excluding carboxylic acids is 2. The van der Waals surface area contributed by atoms with E-state index in [1.54, 1.807) is 6.07 Å².